The van der Waals surface area contributed by atoms with Crippen LogP contribution in [-0.2, 0) is 9.53 Å². The molecule has 13 heavy (non-hydrogen) atoms. The third-order valence-electron chi connectivity index (χ3n) is 1.44. The van der Waals surface area contributed by atoms with Gasteiger partial charge in [-0.3, -0.25) is 4.79 Å². The van der Waals surface area contributed by atoms with Crippen LogP contribution in [0, 0.1) is 0 Å². The Balaban J connectivity index is 3.53. The molecule has 1 N–H and O–H groups in total. The van der Waals surface area contributed by atoms with E-state index in [1.807, 2.05) is 13.8 Å². The van der Waals surface area contributed by atoms with Crippen molar-refractivity contribution in [2.45, 2.75) is 18.7 Å². The predicted molar refractivity (Wildman–Crippen MR) is 57.0 cm³/mol. The fourth-order valence-corrected chi connectivity index (χ4v) is 1.11. The molecule has 0 saturated carbocycles. The van der Waals surface area contributed by atoms with Gasteiger partial charge in [-0.05, 0) is 13.8 Å². The van der Waals surface area contributed by atoms with E-state index < -0.39 is 0 Å². The second-order valence-electron chi connectivity index (χ2n) is 2.93. The molecular formula is C9H16BrNO2. The number of carbonyl (C=O) groups is 1. The molecule has 0 fully saturated rings. The van der Waals surface area contributed by atoms with E-state index in [4.69, 9.17) is 0 Å². The average Bonchev–Trinajstić information content (AvgIpc) is 2.10. The lowest BCUT2D eigenvalue weighted by Crippen LogP contribution is -2.29. The Kier molecular flexibility index (Phi) is 6.90. The van der Waals surface area contributed by atoms with Crippen molar-refractivity contribution in [3.05, 3.63) is 11.6 Å². The zero-order chi connectivity index (χ0) is 10.3. The molecule has 3 nitrogen and oxygen atoms in total. The lowest BCUT2D eigenvalue weighted by molar-refractivity contribution is -0.139. The molecule has 0 radical (unpaired) electrons. The number of rotatable bonds is 5. The normalized spacial score (nSPS) is 12.0. The maximum atomic E-state index is 10.9. The van der Waals surface area contributed by atoms with Gasteiger partial charge in [0.25, 0.3) is 0 Å². The van der Waals surface area contributed by atoms with Crippen LogP contribution in [-0.4, -0.2) is 31.0 Å². The minimum atomic E-state index is -0.261. The van der Waals surface area contributed by atoms with Crippen LogP contribution in [0.5, 0.6) is 0 Å². The summed E-state index contributed by atoms with van der Waals surface area (Å²) in [5, 5.41) is 3.11. The van der Waals surface area contributed by atoms with Gasteiger partial charge in [-0.2, -0.15) is 0 Å². The Hall–Kier alpha value is -0.350. The Morgan fingerprint density at radius 2 is 2.23 bits per heavy atom. The number of ether oxygens (including phenoxy) is 1. The summed E-state index contributed by atoms with van der Waals surface area (Å²) in [6.45, 7) is 5.43. The predicted octanol–water partition coefficient (Wildman–Crippen LogP) is 1.48. The molecule has 0 bridgehead atoms. The third kappa shape index (κ3) is 6.78. The molecule has 4 heteroatoms. The van der Waals surface area contributed by atoms with Crippen LogP contribution in [0.4, 0.5) is 0 Å². The van der Waals surface area contributed by atoms with Crippen LogP contribution >= 0.6 is 15.9 Å². The summed E-state index contributed by atoms with van der Waals surface area (Å²) in [5.74, 6) is -0.246. The van der Waals surface area contributed by atoms with Crippen molar-refractivity contribution in [2.75, 3.05) is 20.2 Å². The number of nitrogens with one attached hydrogen (secondary N) is 1. The standard InChI is InChI=1S/C9H16BrNO2/c1-7(2)4-5-11-6-8(10)9(12)13-3/h4,8,11H,5-6H2,1-3H3. The van der Waals surface area contributed by atoms with E-state index in [-0.39, 0.29) is 10.8 Å². The number of halogens is 1. The Morgan fingerprint density at radius 1 is 1.62 bits per heavy atom. The minimum absolute atomic E-state index is 0.246. The highest BCUT2D eigenvalue weighted by molar-refractivity contribution is 9.10. The number of hydrogen-bond donors (Lipinski definition) is 1. The van der Waals surface area contributed by atoms with E-state index in [0.717, 1.165) is 6.54 Å². The maximum Gasteiger partial charge on any atom is 0.320 e. The van der Waals surface area contributed by atoms with Crippen LogP contribution in [0.15, 0.2) is 11.6 Å². The first kappa shape index (κ1) is 12.7. The molecule has 0 aromatic carbocycles. The molecule has 0 spiro atoms. The summed E-state index contributed by atoms with van der Waals surface area (Å²) >= 11 is 3.21. The van der Waals surface area contributed by atoms with Crippen molar-refractivity contribution in [3.8, 4) is 0 Å². The summed E-state index contributed by atoms with van der Waals surface area (Å²) in [7, 11) is 1.38. The monoisotopic (exact) mass is 249 g/mol. The molecule has 1 unspecified atom stereocenters. The molecule has 0 rings (SSSR count). The zero-order valence-corrected chi connectivity index (χ0v) is 9.85. The van der Waals surface area contributed by atoms with E-state index in [0.29, 0.717) is 6.54 Å². The van der Waals surface area contributed by atoms with E-state index in [1.54, 1.807) is 0 Å². The molecule has 0 aliphatic rings. The molecule has 1 atom stereocenters. The molecule has 0 amide bonds. The molecule has 76 valence electrons. The summed E-state index contributed by atoms with van der Waals surface area (Å²) in [4.78, 5) is 10.7. The third-order valence-corrected chi connectivity index (χ3v) is 2.13. The second-order valence-corrected chi connectivity index (χ2v) is 4.04. The van der Waals surface area contributed by atoms with Gasteiger partial charge >= 0.3 is 5.97 Å². The first-order valence-corrected chi connectivity index (χ1v) is 5.05. The van der Waals surface area contributed by atoms with Gasteiger partial charge in [0.15, 0.2) is 0 Å². The van der Waals surface area contributed by atoms with Gasteiger partial charge in [0.1, 0.15) is 4.83 Å². The number of methoxy groups -OCH3 is 1. The molecule has 0 aromatic heterocycles. The van der Waals surface area contributed by atoms with Crippen LogP contribution in [0.1, 0.15) is 13.8 Å². The van der Waals surface area contributed by atoms with Crippen LogP contribution in [0.3, 0.4) is 0 Å². The largest absolute Gasteiger partial charge is 0.468 e. The van der Waals surface area contributed by atoms with Gasteiger partial charge in [-0.1, -0.05) is 27.6 Å². The first-order chi connectivity index (χ1) is 6.07. The molecular weight excluding hydrogens is 234 g/mol. The van der Waals surface area contributed by atoms with E-state index in [1.165, 1.54) is 12.7 Å². The average molecular weight is 250 g/mol. The number of esters is 1. The number of carbonyl (C=O) groups excluding carboxylic acids is 1. The van der Waals surface area contributed by atoms with Crippen LogP contribution < -0.4 is 5.32 Å². The SMILES string of the molecule is COC(=O)C(Br)CNCC=C(C)C. The smallest absolute Gasteiger partial charge is 0.320 e. The summed E-state index contributed by atoms with van der Waals surface area (Å²) in [6.07, 6.45) is 2.07. The Bertz CT molecular complexity index is 188. The molecule has 0 aliphatic carbocycles. The number of alkyl halides is 1. The van der Waals surface area contributed by atoms with E-state index in [9.17, 15) is 4.79 Å². The first-order valence-electron chi connectivity index (χ1n) is 4.14. The van der Waals surface area contributed by atoms with Crippen molar-refractivity contribution in [3.63, 3.8) is 0 Å². The van der Waals surface area contributed by atoms with Crippen molar-refractivity contribution in [1.82, 2.24) is 5.32 Å². The Morgan fingerprint density at radius 3 is 2.69 bits per heavy atom. The zero-order valence-electron chi connectivity index (χ0n) is 8.26. The molecule has 0 saturated heterocycles. The highest BCUT2D eigenvalue weighted by Gasteiger charge is 2.13. The van der Waals surface area contributed by atoms with Crippen molar-refractivity contribution in [1.29, 1.82) is 0 Å². The fourth-order valence-electron chi connectivity index (χ4n) is 0.698. The van der Waals surface area contributed by atoms with Gasteiger partial charge in [0.2, 0.25) is 0 Å². The summed E-state index contributed by atoms with van der Waals surface area (Å²) in [5.41, 5.74) is 1.26. The summed E-state index contributed by atoms with van der Waals surface area (Å²) in [6, 6.07) is 0. The van der Waals surface area contributed by atoms with Crippen LogP contribution in [0.2, 0.25) is 0 Å². The van der Waals surface area contributed by atoms with Crippen LogP contribution in [0.25, 0.3) is 0 Å². The van der Waals surface area contributed by atoms with Gasteiger partial charge in [-0.25, -0.2) is 0 Å². The quantitative estimate of drug-likeness (QED) is 0.347. The Labute approximate surface area is 87.7 Å². The highest BCUT2D eigenvalue weighted by atomic mass is 79.9. The van der Waals surface area contributed by atoms with Crippen molar-refractivity contribution < 1.29 is 9.53 Å². The van der Waals surface area contributed by atoms with Crippen molar-refractivity contribution >= 4 is 21.9 Å². The van der Waals surface area contributed by atoms with E-state index >= 15 is 0 Å². The van der Waals surface area contributed by atoms with Gasteiger partial charge < -0.3 is 10.1 Å². The van der Waals surface area contributed by atoms with Crippen molar-refractivity contribution in [2.24, 2.45) is 0 Å². The molecule has 0 heterocycles. The lowest BCUT2D eigenvalue weighted by atomic mass is 10.3. The summed E-state index contributed by atoms with van der Waals surface area (Å²) < 4.78 is 4.55. The maximum absolute atomic E-state index is 10.9. The fraction of sp³-hybridized carbons (Fsp3) is 0.667. The lowest BCUT2D eigenvalue weighted by Gasteiger charge is -2.07. The molecule has 0 aliphatic heterocycles. The van der Waals surface area contributed by atoms with Gasteiger partial charge in [0, 0.05) is 13.1 Å². The van der Waals surface area contributed by atoms with Gasteiger partial charge in [0.05, 0.1) is 7.11 Å². The number of hydrogen-bond acceptors (Lipinski definition) is 3. The van der Waals surface area contributed by atoms with Gasteiger partial charge in [-0.15, -0.1) is 0 Å². The minimum Gasteiger partial charge on any atom is -0.468 e. The molecule has 0 aromatic rings. The second kappa shape index (κ2) is 7.09. The van der Waals surface area contributed by atoms with E-state index in [2.05, 4.69) is 32.1 Å². The topological polar surface area (TPSA) is 38.3 Å². The highest BCUT2D eigenvalue weighted by Crippen LogP contribution is 1.99. The number of allylic oxidation sites excluding steroid dienone is 1.